The number of benzene rings is 1. The SMILES string of the molecule is COc1[c-]cc([N+](=O)[O-])cc1.[Na+]. The van der Waals surface area contributed by atoms with Gasteiger partial charge in [-0.1, -0.05) is 12.1 Å². The first-order chi connectivity index (χ1) is 5.24. The number of nitro benzene ring substituents is 1. The fourth-order valence-corrected chi connectivity index (χ4v) is 0.643. The van der Waals surface area contributed by atoms with Gasteiger partial charge in [0.25, 0.3) is 0 Å². The Morgan fingerprint density at radius 1 is 1.58 bits per heavy atom. The van der Waals surface area contributed by atoms with Crippen LogP contribution in [-0.4, -0.2) is 12.0 Å². The average Bonchev–Trinajstić information content (AvgIpc) is 2.05. The van der Waals surface area contributed by atoms with Crippen LogP contribution < -0.4 is 34.3 Å². The summed E-state index contributed by atoms with van der Waals surface area (Å²) < 4.78 is 4.77. The van der Waals surface area contributed by atoms with Gasteiger partial charge in [-0.2, -0.15) is 0 Å². The molecule has 0 N–H and O–H groups in total. The number of non-ortho nitro benzene ring substituents is 1. The van der Waals surface area contributed by atoms with E-state index in [4.69, 9.17) is 4.74 Å². The first-order valence-corrected chi connectivity index (χ1v) is 2.94. The fourth-order valence-electron chi connectivity index (χ4n) is 0.643. The molecule has 0 atom stereocenters. The van der Waals surface area contributed by atoms with Gasteiger partial charge >= 0.3 is 29.6 Å². The Bertz CT molecular complexity index is 260. The number of methoxy groups -OCH3 is 1. The Kier molecular flexibility index (Phi) is 4.89. The minimum atomic E-state index is -0.476. The molecule has 0 aliphatic carbocycles. The largest absolute Gasteiger partial charge is 1.00 e. The molecule has 58 valence electrons. The molecule has 0 radical (unpaired) electrons. The predicted octanol–water partition coefficient (Wildman–Crippen LogP) is -1.59. The maximum Gasteiger partial charge on any atom is 1.00 e. The average molecular weight is 175 g/mol. The molecule has 0 aliphatic heterocycles. The van der Waals surface area contributed by atoms with Crippen molar-refractivity contribution in [1.29, 1.82) is 0 Å². The predicted molar refractivity (Wildman–Crippen MR) is 38.5 cm³/mol. The normalized spacial score (nSPS) is 8.42. The van der Waals surface area contributed by atoms with Crippen molar-refractivity contribution in [2.75, 3.05) is 7.11 Å². The number of ether oxygens (including phenoxy) is 1. The maximum absolute atomic E-state index is 10.1. The summed E-state index contributed by atoms with van der Waals surface area (Å²) in [6.45, 7) is 0. The summed E-state index contributed by atoms with van der Waals surface area (Å²) in [5.41, 5.74) is 0.0193. The van der Waals surface area contributed by atoms with Crippen molar-refractivity contribution in [2.24, 2.45) is 0 Å². The summed E-state index contributed by atoms with van der Waals surface area (Å²) in [6, 6.07) is 6.75. The van der Waals surface area contributed by atoms with E-state index >= 15 is 0 Å². The van der Waals surface area contributed by atoms with Gasteiger partial charge in [-0.25, -0.2) is 0 Å². The van der Waals surface area contributed by atoms with E-state index in [1.165, 1.54) is 25.3 Å². The third kappa shape index (κ3) is 2.81. The molecule has 0 saturated heterocycles. The van der Waals surface area contributed by atoms with Gasteiger partial charge < -0.3 is 4.74 Å². The zero-order chi connectivity index (χ0) is 8.27. The van der Waals surface area contributed by atoms with Crippen molar-refractivity contribution in [1.82, 2.24) is 0 Å². The van der Waals surface area contributed by atoms with E-state index in [0.717, 1.165) is 0 Å². The second-order valence-corrected chi connectivity index (χ2v) is 1.87. The molecule has 1 aromatic rings. The van der Waals surface area contributed by atoms with Crippen LogP contribution in [0.3, 0.4) is 0 Å². The molecule has 0 fully saturated rings. The molecule has 0 spiro atoms. The standard InChI is InChI=1S/C7H6NO3.Na/c1-11-7-4-2-6(3-5-7)8(9)10;/h2-4H,1H3;/q-1;+1. The van der Waals surface area contributed by atoms with Gasteiger partial charge in [0.05, 0.1) is 7.11 Å². The van der Waals surface area contributed by atoms with Crippen molar-refractivity contribution in [2.45, 2.75) is 0 Å². The molecule has 0 amide bonds. The van der Waals surface area contributed by atoms with Crippen molar-refractivity contribution >= 4 is 5.69 Å². The van der Waals surface area contributed by atoms with Gasteiger partial charge in [0, 0.05) is 10.7 Å². The van der Waals surface area contributed by atoms with Crippen molar-refractivity contribution < 1.29 is 39.2 Å². The number of rotatable bonds is 2. The fraction of sp³-hybridized carbons (Fsp3) is 0.143. The van der Waals surface area contributed by atoms with Crippen LogP contribution in [0.25, 0.3) is 0 Å². The topological polar surface area (TPSA) is 52.4 Å². The van der Waals surface area contributed by atoms with Crippen LogP contribution in [0.15, 0.2) is 18.2 Å². The molecule has 0 bridgehead atoms. The number of hydrogen-bond donors (Lipinski definition) is 0. The van der Waals surface area contributed by atoms with Crippen LogP contribution >= 0.6 is 0 Å². The first kappa shape index (κ1) is 11.4. The third-order valence-corrected chi connectivity index (χ3v) is 1.20. The van der Waals surface area contributed by atoms with Crippen molar-refractivity contribution in [3.63, 3.8) is 0 Å². The quantitative estimate of drug-likeness (QED) is 0.235. The van der Waals surface area contributed by atoms with Crippen LogP contribution in [0.5, 0.6) is 5.75 Å². The van der Waals surface area contributed by atoms with E-state index in [-0.39, 0.29) is 35.2 Å². The number of nitro groups is 1. The molecule has 0 saturated carbocycles. The molecule has 0 heterocycles. The van der Waals surface area contributed by atoms with E-state index in [2.05, 4.69) is 6.07 Å². The van der Waals surface area contributed by atoms with Crippen molar-refractivity contribution in [3.05, 3.63) is 34.4 Å². The van der Waals surface area contributed by atoms with Gasteiger partial charge in [-0.15, -0.1) is 12.1 Å². The molecule has 0 aromatic heterocycles. The van der Waals surface area contributed by atoms with Gasteiger partial charge in [0.1, 0.15) is 0 Å². The summed E-state index contributed by atoms with van der Waals surface area (Å²) in [4.78, 5) is 9.67. The van der Waals surface area contributed by atoms with E-state index in [9.17, 15) is 10.1 Å². The maximum atomic E-state index is 10.1. The number of hydrogen-bond acceptors (Lipinski definition) is 3. The van der Waals surface area contributed by atoms with Crippen LogP contribution in [-0.2, 0) is 0 Å². The second kappa shape index (κ2) is 5.13. The molecule has 5 heteroatoms. The number of nitrogens with zero attached hydrogens (tertiary/aromatic N) is 1. The van der Waals surface area contributed by atoms with E-state index < -0.39 is 4.92 Å². The van der Waals surface area contributed by atoms with Crippen LogP contribution in [0.1, 0.15) is 0 Å². The zero-order valence-electron chi connectivity index (χ0n) is 6.90. The van der Waals surface area contributed by atoms with Gasteiger partial charge in [0.15, 0.2) is 5.69 Å². The Hall–Kier alpha value is -0.580. The molecular weight excluding hydrogens is 169 g/mol. The molecule has 1 aromatic carbocycles. The Balaban J connectivity index is 0.00000121. The zero-order valence-corrected chi connectivity index (χ0v) is 8.90. The van der Waals surface area contributed by atoms with Crippen LogP contribution in [0, 0.1) is 16.2 Å². The Morgan fingerprint density at radius 3 is 2.58 bits per heavy atom. The smallest absolute Gasteiger partial charge is 0.523 e. The minimum Gasteiger partial charge on any atom is -0.523 e. The van der Waals surface area contributed by atoms with Gasteiger partial charge in [-0.3, -0.25) is 10.1 Å². The molecule has 0 unspecified atom stereocenters. The van der Waals surface area contributed by atoms with E-state index in [1.807, 2.05) is 0 Å². The van der Waals surface area contributed by atoms with Crippen molar-refractivity contribution in [3.8, 4) is 5.75 Å². The monoisotopic (exact) mass is 175 g/mol. The second-order valence-electron chi connectivity index (χ2n) is 1.87. The summed E-state index contributed by atoms with van der Waals surface area (Å²) in [5, 5.41) is 10.1. The molecular formula is C7H6NNaO3. The minimum absolute atomic E-state index is 0. The molecule has 1 rings (SSSR count). The molecule has 4 nitrogen and oxygen atoms in total. The Morgan fingerprint density at radius 2 is 2.25 bits per heavy atom. The first-order valence-electron chi connectivity index (χ1n) is 2.94. The van der Waals surface area contributed by atoms with Crippen LogP contribution in [0.4, 0.5) is 5.69 Å². The third-order valence-electron chi connectivity index (χ3n) is 1.20. The molecule has 0 aliphatic rings. The van der Waals surface area contributed by atoms with E-state index in [1.54, 1.807) is 0 Å². The summed E-state index contributed by atoms with van der Waals surface area (Å²) in [7, 11) is 1.48. The molecule has 12 heavy (non-hydrogen) atoms. The van der Waals surface area contributed by atoms with E-state index in [0.29, 0.717) is 5.75 Å². The van der Waals surface area contributed by atoms with Crippen LogP contribution in [0.2, 0.25) is 0 Å². The Labute approximate surface area is 92.0 Å². The van der Waals surface area contributed by atoms with Gasteiger partial charge in [-0.05, 0) is 0 Å². The van der Waals surface area contributed by atoms with Gasteiger partial charge in [0.2, 0.25) is 0 Å². The summed E-state index contributed by atoms with van der Waals surface area (Å²) in [6.07, 6.45) is 0. The summed E-state index contributed by atoms with van der Waals surface area (Å²) >= 11 is 0. The summed E-state index contributed by atoms with van der Waals surface area (Å²) in [5.74, 6) is 0.496.